The van der Waals surface area contributed by atoms with Crippen molar-refractivity contribution in [2.24, 2.45) is 22.0 Å². The Bertz CT molecular complexity index is 388. The zero-order chi connectivity index (χ0) is 14.3. The maximum absolute atomic E-state index is 12.0. The highest BCUT2D eigenvalue weighted by Crippen LogP contribution is 2.65. The predicted molar refractivity (Wildman–Crippen MR) is 74.8 cm³/mol. The highest BCUT2D eigenvalue weighted by atomic mass is 35.5. The summed E-state index contributed by atoms with van der Waals surface area (Å²) in [5, 5.41) is 6.57. The molecule has 0 saturated heterocycles. The monoisotopic (exact) mass is 287 g/mol. The lowest BCUT2D eigenvalue weighted by molar-refractivity contribution is 0.118. The summed E-state index contributed by atoms with van der Waals surface area (Å²) in [5.74, 6) is 0.850. The number of urea groups is 1. The Hall–Kier alpha value is -0.840. The molecule has 0 spiro atoms. The van der Waals surface area contributed by atoms with Crippen molar-refractivity contribution in [2.45, 2.75) is 46.1 Å². The van der Waals surface area contributed by atoms with E-state index >= 15 is 0 Å². The van der Waals surface area contributed by atoms with Crippen molar-refractivity contribution in [1.29, 1.82) is 0 Å². The molecule has 0 heterocycles. The van der Waals surface area contributed by atoms with E-state index < -0.39 is 6.03 Å². The van der Waals surface area contributed by atoms with Crippen molar-refractivity contribution >= 4 is 17.6 Å². The van der Waals surface area contributed by atoms with E-state index in [1.165, 1.54) is 6.42 Å². The molecule has 5 nitrogen and oxygen atoms in total. The smallest absolute Gasteiger partial charge is 0.333 e. The summed E-state index contributed by atoms with van der Waals surface area (Å²) in [7, 11) is 0. The molecule has 2 bridgehead atoms. The average Bonchev–Trinajstić information content (AvgIpc) is 2.68. The van der Waals surface area contributed by atoms with Gasteiger partial charge < -0.3 is 5.32 Å². The normalized spacial score (nSPS) is 35.2. The number of nitroso groups, excluding NO2 is 1. The van der Waals surface area contributed by atoms with Gasteiger partial charge in [0.05, 0.1) is 11.8 Å². The number of rotatable bonds is 4. The zero-order valence-electron chi connectivity index (χ0n) is 11.8. The largest absolute Gasteiger partial charge is 0.340 e. The maximum atomic E-state index is 12.0. The molecular formula is C13H22ClN3O2. The van der Waals surface area contributed by atoms with Crippen molar-refractivity contribution in [2.75, 3.05) is 12.4 Å². The van der Waals surface area contributed by atoms with Crippen LogP contribution in [0.15, 0.2) is 5.29 Å². The molecule has 1 N–H and O–H groups in total. The predicted octanol–water partition coefficient (Wildman–Crippen LogP) is 3.13. The topological polar surface area (TPSA) is 61.8 Å². The van der Waals surface area contributed by atoms with Crippen LogP contribution in [-0.2, 0) is 0 Å². The lowest BCUT2D eigenvalue weighted by Crippen LogP contribution is -2.50. The third-order valence-electron chi connectivity index (χ3n) is 5.72. The quantitative estimate of drug-likeness (QED) is 0.490. The number of hydrogen-bond acceptors (Lipinski definition) is 3. The number of hydrogen-bond donors (Lipinski definition) is 1. The fourth-order valence-corrected chi connectivity index (χ4v) is 4.07. The first-order valence-electron chi connectivity index (χ1n) is 6.84. The molecule has 0 aromatic carbocycles. The zero-order valence-corrected chi connectivity index (χ0v) is 12.5. The van der Waals surface area contributed by atoms with Crippen molar-refractivity contribution in [3.63, 3.8) is 0 Å². The molecule has 3 unspecified atom stereocenters. The van der Waals surface area contributed by atoms with Crippen LogP contribution >= 0.6 is 11.6 Å². The summed E-state index contributed by atoms with van der Waals surface area (Å²) in [5.41, 5.74) is 0.333. The molecule has 2 amide bonds. The molecule has 0 aliphatic heterocycles. The van der Waals surface area contributed by atoms with E-state index in [2.05, 4.69) is 31.4 Å². The van der Waals surface area contributed by atoms with Gasteiger partial charge in [-0.05, 0) is 36.0 Å². The Morgan fingerprint density at radius 2 is 2.16 bits per heavy atom. The van der Waals surface area contributed by atoms with E-state index in [4.69, 9.17) is 11.6 Å². The van der Waals surface area contributed by atoms with Gasteiger partial charge in [-0.3, -0.25) is 0 Å². The molecule has 0 radical (unpaired) electrons. The summed E-state index contributed by atoms with van der Waals surface area (Å²) in [6, 6.07) is -0.307. The third-order valence-corrected chi connectivity index (χ3v) is 5.89. The molecule has 0 aromatic rings. The Morgan fingerprint density at radius 1 is 1.47 bits per heavy atom. The molecule has 2 fully saturated rings. The first kappa shape index (κ1) is 14.6. The van der Waals surface area contributed by atoms with Gasteiger partial charge in [0, 0.05) is 11.9 Å². The van der Waals surface area contributed by atoms with Gasteiger partial charge >= 0.3 is 6.03 Å². The number of carbonyl (C=O) groups excluding carboxylic acids is 1. The van der Waals surface area contributed by atoms with Gasteiger partial charge in [0.1, 0.15) is 0 Å². The SMILES string of the molecule is CC1(C)C2CCC1(C)C(NC(=O)N(CCCl)N=O)C2. The Labute approximate surface area is 119 Å². The van der Waals surface area contributed by atoms with Crippen molar-refractivity contribution in [3.05, 3.63) is 4.91 Å². The first-order chi connectivity index (χ1) is 8.86. The third kappa shape index (κ3) is 2.12. The minimum Gasteiger partial charge on any atom is -0.333 e. The van der Waals surface area contributed by atoms with Gasteiger partial charge in [-0.2, -0.15) is 5.01 Å². The van der Waals surface area contributed by atoms with E-state index in [0.29, 0.717) is 5.92 Å². The number of nitrogens with one attached hydrogen (secondary N) is 1. The van der Waals surface area contributed by atoms with E-state index in [0.717, 1.165) is 17.9 Å². The molecule has 2 rings (SSSR count). The van der Waals surface area contributed by atoms with Crippen LogP contribution < -0.4 is 5.32 Å². The summed E-state index contributed by atoms with van der Waals surface area (Å²) in [6.45, 7) is 6.95. The van der Waals surface area contributed by atoms with Crippen LogP contribution in [0.5, 0.6) is 0 Å². The van der Waals surface area contributed by atoms with Crippen molar-refractivity contribution in [3.8, 4) is 0 Å². The van der Waals surface area contributed by atoms with E-state index in [1.807, 2.05) is 0 Å². The average molecular weight is 288 g/mol. The fourth-order valence-electron chi connectivity index (χ4n) is 3.91. The minimum atomic E-state index is -0.426. The summed E-state index contributed by atoms with van der Waals surface area (Å²) >= 11 is 5.55. The van der Waals surface area contributed by atoms with Gasteiger partial charge in [0.25, 0.3) is 0 Å². The highest BCUT2D eigenvalue weighted by molar-refractivity contribution is 6.18. The van der Waals surface area contributed by atoms with E-state index in [9.17, 15) is 9.70 Å². The molecule has 2 saturated carbocycles. The minimum absolute atomic E-state index is 0.100. The summed E-state index contributed by atoms with van der Waals surface area (Å²) < 4.78 is 0. The highest BCUT2D eigenvalue weighted by Gasteiger charge is 2.61. The lowest BCUT2D eigenvalue weighted by Gasteiger charge is -2.39. The molecule has 3 atom stereocenters. The molecule has 0 aromatic heterocycles. The second-order valence-corrected chi connectivity index (χ2v) is 6.88. The van der Waals surface area contributed by atoms with E-state index in [-0.39, 0.29) is 29.3 Å². The van der Waals surface area contributed by atoms with Crippen LogP contribution in [0.25, 0.3) is 0 Å². The summed E-state index contributed by atoms with van der Waals surface area (Å²) in [6.07, 6.45) is 3.34. The number of nitrogens with zero attached hydrogens (tertiary/aromatic N) is 2. The maximum Gasteiger partial charge on any atom is 0.340 e. The summed E-state index contributed by atoms with van der Waals surface area (Å²) in [4.78, 5) is 22.6. The second-order valence-electron chi connectivity index (χ2n) is 6.51. The van der Waals surface area contributed by atoms with Gasteiger partial charge in [-0.25, -0.2) is 4.79 Å². The van der Waals surface area contributed by atoms with Crippen LogP contribution in [0.2, 0.25) is 0 Å². The number of amides is 2. The van der Waals surface area contributed by atoms with Gasteiger partial charge in [-0.15, -0.1) is 16.5 Å². The molecule has 2 aliphatic rings. The number of carbonyl (C=O) groups is 1. The van der Waals surface area contributed by atoms with Gasteiger partial charge in [0.2, 0.25) is 0 Å². The number of halogens is 1. The van der Waals surface area contributed by atoms with Crippen LogP contribution in [0, 0.1) is 21.7 Å². The van der Waals surface area contributed by atoms with Crippen LogP contribution in [0.1, 0.15) is 40.0 Å². The van der Waals surface area contributed by atoms with Crippen molar-refractivity contribution < 1.29 is 4.79 Å². The molecule has 2 aliphatic carbocycles. The first-order valence-corrected chi connectivity index (χ1v) is 7.37. The van der Waals surface area contributed by atoms with Crippen molar-refractivity contribution in [1.82, 2.24) is 10.3 Å². The lowest BCUT2D eigenvalue weighted by atomic mass is 9.69. The van der Waals surface area contributed by atoms with Crippen LogP contribution in [-0.4, -0.2) is 29.5 Å². The van der Waals surface area contributed by atoms with Gasteiger partial charge in [0.15, 0.2) is 0 Å². The Morgan fingerprint density at radius 3 is 2.58 bits per heavy atom. The number of fused-ring (bicyclic) bond motifs is 2. The van der Waals surface area contributed by atoms with Crippen LogP contribution in [0.3, 0.4) is 0 Å². The van der Waals surface area contributed by atoms with E-state index in [1.54, 1.807) is 0 Å². The molecular weight excluding hydrogens is 266 g/mol. The number of alkyl halides is 1. The standard InChI is InChI=1S/C13H22ClN3O2/c1-12(2)9-4-5-13(12,3)10(8-9)15-11(18)17(16-19)7-6-14/h9-10H,4-8H2,1-3H3,(H,15,18). The molecule has 19 heavy (non-hydrogen) atoms. The fraction of sp³-hybridized carbons (Fsp3) is 0.923. The molecule has 6 heteroatoms. The second kappa shape index (κ2) is 4.93. The van der Waals surface area contributed by atoms with Gasteiger partial charge in [-0.1, -0.05) is 20.8 Å². The Balaban J connectivity index is 2.05. The van der Waals surface area contributed by atoms with Crippen LogP contribution in [0.4, 0.5) is 4.79 Å². The Kier molecular flexibility index (Phi) is 3.78. The molecule has 108 valence electrons.